The van der Waals surface area contributed by atoms with Crippen LogP contribution in [0.1, 0.15) is 27.5 Å². The lowest BCUT2D eigenvalue weighted by molar-refractivity contribution is -0.131. The van der Waals surface area contributed by atoms with Gasteiger partial charge in [0.1, 0.15) is 18.1 Å². The van der Waals surface area contributed by atoms with E-state index in [4.69, 9.17) is 9.84 Å². The first-order valence-corrected chi connectivity index (χ1v) is 10.3. The van der Waals surface area contributed by atoms with Gasteiger partial charge in [-0.3, -0.25) is 10.1 Å². The minimum atomic E-state index is -1.10. The second-order valence-electron chi connectivity index (χ2n) is 7.31. The van der Waals surface area contributed by atoms with Crippen LogP contribution >= 0.6 is 0 Å². The third-order valence-corrected chi connectivity index (χ3v) is 5.20. The van der Waals surface area contributed by atoms with Gasteiger partial charge in [-0.1, -0.05) is 60.7 Å². The van der Waals surface area contributed by atoms with Gasteiger partial charge in [0, 0.05) is 18.5 Å². The largest absolute Gasteiger partial charge is 0.478 e. The van der Waals surface area contributed by atoms with Crippen LogP contribution in [0.25, 0.3) is 11.1 Å². The number of aromatic nitrogens is 1. The zero-order valence-electron chi connectivity index (χ0n) is 17.5. The molecule has 0 aliphatic heterocycles. The average molecular weight is 443 g/mol. The van der Waals surface area contributed by atoms with Crippen molar-refractivity contribution in [1.29, 1.82) is 0 Å². The number of rotatable bonds is 7. The van der Waals surface area contributed by atoms with Gasteiger partial charge >= 0.3 is 12.1 Å². The van der Waals surface area contributed by atoms with Crippen LogP contribution in [0.5, 0.6) is 0 Å². The summed E-state index contributed by atoms with van der Waals surface area (Å²) in [7, 11) is 0. The van der Waals surface area contributed by atoms with E-state index in [0.717, 1.165) is 28.3 Å². The Morgan fingerprint density at radius 1 is 0.939 bits per heavy atom. The summed E-state index contributed by atoms with van der Waals surface area (Å²) in [4.78, 5) is 39.1. The van der Waals surface area contributed by atoms with Crippen molar-refractivity contribution in [3.63, 3.8) is 0 Å². The van der Waals surface area contributed by atoms with Crippen molar-refractivity contribution in [1.82, 2.24) is 10.3 Å². The maximum absolute atomic E-state index is 12.4. The number of ether oxygens (including phenoxy) is 1. The maximum Gasteiger partial charge on any atom is 0.412 e. The molecule has 1 aromatic heterocycles. The summed E-state index contributed by atoms with van der Waals surface area (Å²) in [6, 6.07) is 20.7. The van der Waals surface area contributed by atoms with E-state index in [-0.39, 0.29) is 30.6 Å². The van der Waals surface area contributed by atoms with E-state index in [1.807, 2.05) is 36.4 Å². The molecule has 2 aromatic carbocycles. The molecular formula is C25H21N3O5. The quantitative estimate of drug-likeness (QED) is 0.478. The number of carbonyl (C=O) groups is 3. The lowest BCUT2D eigenvalue weighted by Crippen LogP contribution is -2.25. The molecule has 1 aliphatic rings. The topological polar surface area (TPSA) is 118 Å². The molecule has 4 rings (SSSR count). The Bertz CT molecular complexity index is 1190. The van der Waals surface area contributed by atoms with Crippen molar-refractivity contribution < 1.29 is 24.2 Å². The number of carboxylic acid groups (broad SMARTS) is 1. The minimum absolute atomic E-state index is 0.0385. The van der Waals surface area contributed by atoms with E-state index in [0.29, 0.717) is 0 Å². The van der Waals surface area contributed by atoms with Crippen LogP contribution in [0.15, 0.2) is 78.9 Å². The molecule has 8 nitrogen and oxygen atoms in total. The monoisotopic (exact) mass is 443 g/mol. The molecule has 8 heteroatoms. The standard InChI is InChI=1S/C25H21N3O5/c29-23(30)13-6-14-26-24(31)21-11-5-12-22(27-21)28-25(32)33-15-20-18-9-3-1-7-16(18)17-8-2-4-10-19(17)20/h1-13,20H,14-15H2,(H,26,31)(H,29,30)(H,27,28,32)/b13-6+. The fraction of sp³-hybridized carbons (Fsp3) is 0.120. The van der Waals surface area contributed by atoms with Gasteiger partial charge in [0.15, 0.2) is 0 Å². The fourth-order valence-electron chi connectivity index (χ4n) is 3.77. The van der Waals surface area contributed by atoms with Gasteiger partial charge in [0.25, 0.3) is 5.91 Å². The van der Waals surface area contributed by atoms with E-state index in [2.05, 4.69) is 27.8 Å². The Morgan fingerprint density at radius 3 is 2.27 bits per heavy atom. The molecular weight excluding hydrogens is 422 g/mol. The lowest BCUT2D eigenvalue weighted by atomic mass is 9.98. The van der Waals surface area contributed by atoms with E-state index < -0.39 is 18.0 Å². The van der Waals surface area contributed by atoms with Crippen LogP contribution < -0.4 is 10.6 Å². The summed E-state index contributed by atoms with van der Waals surface area (Å²) >= 11 is 0. The summed E-state index contributed by atoms with van der Waals surface area (Å²) in [5.74, 6) is -1.49. The van der Waals surface area contributed by atoms with Gasteiger partial charge in [-0.25, -0.2) is 14.6 Å². The average Bonchev–Trinajstić information content (AvgIpc) is 3.14. The number of carbonyl (C=O) groups excluding carboxylic acids is 2. The molecule has 0 atom stereocenters. The third-order valence-electron chi connectivity index (χ3n) is 5.20. The summed E-state index contributed by atoms with van der Waals surface area (Å²) in [6.07, 6.45) is 1.56. The van der Waals surface area contributed by atoms with Crippen molar-refractivity contribution in [2.24, 2.45) is 0 Å². The lowest BCUT2D eigenvalue weighted by Gasteiger charge is -2.14. The van der Waals surface area contributed by atoms with E-state index in [1.165, 1.54) is 12.1 Å². The highest BCUT2D eigenvalue weighted by atomic mass is 16.5. The van der Waals surface area contributed by atoms with Gasteiger partial charge in [0.2, 0.25) is 0 Å². The number of amides is 2. The molecule has 0 unspecified atom stereocenters. The first-order chi connectivity index (χ1) is 16.0. The Balaban J connectivity index is 1.37. The van der Waals surface area contributed by atoms with Crippen LogP contribution in [-0.2, 0) is 9.53 Å². The van der Waals surface area contributed by atoms with Gasteiger partial charge < -0.3 is 15.2 Å². The van der Waals surface area contributed by atoms with Crippen molar-refractivity contribution in [2.75, 3.05) is 18.5 Å². The van der Waals surface area contributed by atoms with Crippen LogP contribution in [0.2, 0.25) is 0 Å². The molecule has 0 bridgehead atoms. The number of hydrogen-bond acceptors (Lipinski definition) is 5. The number of hydrogen-bond donors (Lipinski definition) is 3. The van der Waals surface area contributed by atoms with Gasteiger partial charge in [0.05, 0.1) is 0 Å². The van der Waals surface area contributed by atoms with Crippen LogP contribution in [0.4, 0.5) is 10.6 Å². The molecule has 0 fully saturated rings. The molecule has 0 saturated carbocycles. The SMILES string of the molecule is O=C(O)/C=C/CNC(=O)c1cccc(NC(=O)OCC2c3ccccc3-c3ccccc32)n1. The van der Waals surface area contributed by atoms with E-state index >= 15 is 0 Å². The number of anilines is 1. The first kappa shape index (κ1) is 21.8. The molecule has 3 aromatic rings. The molecule has 0 spiro atoms. The highest BCUT2D eigenvalue weighted by Crippen LogP contribution is 2.44. The number of pyridine rings is 1. The number of fused-ring (bicyclic) bond motifs is 3. The highest BCUT2D eigenvalue weighted by Gasteiger charge is 2.29. The Morgan fingerprint density at radius 2 is 1.61 bits per heavy atom. The smallest absolute Gasteiger partial charge is 0.412 e. The summed E-state index contributed by atoms with van der Waals surface area (Å²) < 4.78 is 5.49. The van der Waals surface area contributed by atoms with Crippen molar-refractivity contribution in [3.8, 4) is 11.1 Å². The zero-order valence-corrected chi connectivity index (χ0v) is 17.5. The number of nitrogens with zero attached hydrogens (tertiary/aromatic N) is 1. The molecule has 0 saturated heterocycles. The molecule has 0 radical (unpaired) electrons. The fourth-order valence-corrected chi connectivity index (χ4v) is 3.77. The number of benzene rings is 2. The summed E-state index contributed by atoms with van der Waals surface area (Å²) in [6.45, 7) is 0.201. The Hall–Kier alpha value is -4.46. The minimum Gasteiger partial charge on any atom is -0.478 e. The van der Waals surface area contributed by atoms with Gasteiger partial charge in [-0.15, -0.1) is 0 Å². The van der Waals surface area contributed by atoms with E-state index in [9.17, 15) is 14.4 Å². The number of carboxylic acids is 1. The molecule has 166 valence electrons. The third kappa shape index (κ3) is 5.07. The Labute approximate surface area is 189 Å². The van der Waals surface area contributed by atoms with Gasteiger partial charge in [-0.05, 0) is 34.4 Å². The predicted molar refractivity (Wildman–Crippen MR) is 122 cm³/mol. The molecule has 1 heterocycles. The molecule has 2 amide bonds. The number of aliphatic carboxylic acids is 1. The molecule has 33 heavy (non-hydrogen) atoms. The van der Waals surface area contributed by atoms with Crippen molar-refractivity contribution >= 4 is 23.8 Å². The second kappa shape index (κ2) is 9.78. The Kier molecular flexibility index (Phi) is 6.45. The van der Waals surface area contributed by atoms with Gasteiger partial charge in [-0.2, -0.15) is 0 Å². The van der Waals surface area contributed by atoms with Crippen LogP contribution in [-0.4, -0.2) is 41.2 Å². The second-order valence-corrected chi connectivity index (χ2v) is 7.31. The maximum atomic E-state index is 12.4. The highest BCUT2D eigenvalue weighted by molar-refractivity contribution is 5.93. The van der Waals surface area contributed by atoms with Crippen molar-refractivity contribution in [2.45, 2.75) is 5.92 Å². The van der Waals surface area contributed by atoms with E-state index in [1.54, 1.807) is 12.1 Å². The van der Waals surface area contributed by atoms with Crippen LogP contribution in [0, 0.1) is 0 Å². The summed E-state index contributed by atoms with van der Waals surface area (Å²) in [5, 5.41) is 13.6. The summed E-state index contributed by atoms with van der Waals surface area (Å²) in [5.41, 5.74) is 4.58. The predicted octanol–water partition coefficient (Wildman–Crippen LogP) is 3.81. The number of nitrogens with one attached hydrogen (secondary N) is 2. The normalized spacial score (nSPS) is 12.1. The first-order valence-electron chi connectivity index (χ1n) is 10.3. The molecule has 3 N–H and O–H groups in total. The molecule has 1 aliphatic carbocycles. The zero-order chi connectivity index (χ0) is 23.2. The van der Waals surface area contributed by atoms with Crippen LogP contribution in [0.3, 0.4) is 0 Å². The van der Waals surface area contributed by atoms with Crippen molar-refractivity contribution in [3.05, 3.63) is 95.7 Å².